The van der Waals surface area contributed by atoms with Crippen molar-refractivity contribution in [1.82, 2.24) is 4.90 Å². The van der Waals surface area contributed by atoms with E-state index in [4.69, 9.17) is 28.4 Å². The quantitative estimate of drug-likeness (QED) is 0.129. The molecule has 0 saturated carbocycles. The molecule has 2 aromatic rings. The van der Waals surface area contributed by atoms with Crippen molar-refractivity contribution in [2.75, 3.05) is 20.2 Å². The minimum Gasteiger partial charge on any atom is -0.467 e. The normalized spacial score (nSPS) is 21.1. The average molecular weight is 699 g/mol. The summed E-state index contributed by atoms with van der Waals surface area (Å²) in [5, 5.41) is 11.0. The Morgan fingerprint density at radius 2 is 1.43 bits per heavy atom. The van der Waals surface area contributed by atoms with E-state index >= 15 is 0 Å². The third-order valence-electron chi connectivity index (χ3n) is 7.04. The van der Waals surface area contributed by atoms with Gasteiger partial charge in [-0.15, -0.1) is 0 Å². The molecule has 15 nitrogen and oxygen atoms in total. The number of benzene rings is 2. The molecule has 0 N–H and O–H groups in total. The van der Waals surface area contributed by atoms with Crippen LogP contribution in [0.4, 0.5) is 18.9 Å². The number of ether oxygens (including phenoxy) is 6. The van der Waals surface area contributed by atoms with Crippen molar-refractivity contribution in [3.63, 3.8) is 0 Å². The highest BCUT2D eigenvalue weighted by molar-refractivity contribution is 5.82. The van der Waals surface area contributed by atoms with E-state index in [2.05, 4.69) is 0 Å². The minimum atomic E-state index is -5.33. The van der Waals surface area contributed by atoms with Gasteiger partial charge < -0.3 is 33.3 Å². The number of halogens is 3. The molecule has 2 aromatic carbocycles. The second kappa shape index (κ2) is 16.8. The lowest BCUT2D eigenvalue weighted by Gasteiger charge is -2.44. The van der Waals surface area contributed by atoms with E-state index in [1.54, 1.807) is 6.07 Å². The number of nitrogens with zero attached hydrogens (tertiary/aromatic N) is 2. The summed E-state index contributed by atoms with van der Waals surface area (Å²) in [5.41, 5.74) is 0.353. The molecule has 1 saturated heterocycles. The van der Waals surface area contributed by atoms with Gasteiger partial charge in [-0.2, -0.15) is 13.2 Å². The maximum absolute atomic E-state index is 13.9. The number of carbonyl (C=O) groups excluding carboxylic acids is 5. The molecular formula is C31H33F3N2O13. The lowest BCUT2D eigenvalue weighted by molar-refractivity contribution is -0.384. The van der Waals surface area contributed by atoms with E-state index in [0.29, 0.717) is 10.5 Å². The standard InChI is InChI=1S/C31H33F3N2O13/c1-17(37)45-24-25(46-18(2)38)27(47-19(3)39)29(49-26(24)28(40)44-4)48-23(21-8-6-5-7-9-21)16-35(30(41)31(32,33)34)15-14-20-10-12-22(13-11-20)36(42)43/h5-13,23-27,29H,14-16H2,1-4H3/t23-,24-,25-,26-,27+,29+/m0/s1. The van der Waals surface area contributed by atoms with Gasteiger partial charge in [0.1, 0.15) is 6.10 Å². The number of nitro benzene ring substituents is 1. The molecule has 18 heteroatoms. The van der Waals surface area contributed by atoms with Crippen molar-refractivity contribution >= 4 is 35.5 Å². The highest BCUT2D eigenvalue weighted by atomic mass is 19.4. The van der Waals surface area contributed by atoms with Crippen LogP contribution in [0.15, 0.2) is 54.6 Å². The Hall–Kier alpha value is -5.10. The van der Waals surface area contributed by atoms with Gasteiger partial charge in [0.2, 0.25) is 6.29 Å². The number of carbonyl (C=O) groups is 5. The average Bonchev–Trinajstić information content (AvgIpc) is 3.03. The fourth-order valence-electron chi connectivity index (χ4n) is 4.95. The molecule has 1 heterocycles. The van der Waals surface area contributed by atoms with Gasteiger partial charge in [0.15, 0.2) is 24.4 Å². The van der Waals surface area contributed by atoms with Crippen LogP contribution in [0.25, 0.3) is 0 Å². The van der Waals surface area contributed by atoms with Crippen molar-refractivity contribution in [3.8, 4) is 0 Å². The zero-order valence-electron chi connectivity index (χ0n) is 26.6. The maximum atomic E-state index is 13.9. The van der Waals surface area contributed by atoms with E-state index in [1.807, 2.05) is 0 Å². The monoisotopic (exact) mass is 698 g/mol. The summed E-state index contributed by atoms with van der Waals surface area (Å²) in [6, 6.07) is 12.6. The Bertz CT molecular complexity index is 1500. The molecule has 0 aliphatic carbocycles. The van der Waals surface area contributed by atoms with Crippen LogP contribution in [0, 0.1) is 10.1 Å². The smallest absolute Gasteiger partial charge is 0.467 e. The fourth-order valence-corrected chi connectivity index (χ4v) is 4.95. The van der Waals surface area contributed by atoms with E-state index < -0.39 is 90.8 Å². The number of rotatable bonds is 13. The van der Waals surface area contributed by atoms with Gasteiger partial charge >= 0.3 is 36.0 Å². The van der Waals surface area contributed by atoms with Gasteiger partial charge in [-0.25, -0.2) is 4.79 Å². The first-order valence-corrected chi connectivity index (χ1v) is 14.6. The molecule has 3 rings (SSSR count). The molecule has 6 atom stereocenters. The van der Waals surface area contributed by atoms with Gasteiger partial charge in [-0.05, 0) is 17.5 Å². The van der Waals surface area contributed by atoms with Gasteiger partial charge in [-0.3, -0.25) is 29.3 Å². The van der Waals surface area contributed by atoms with Crippen molar-refractivity contribution < 1.29 is 70.5 Å². The zero-order chi connectivity index (χ0) is 36.5. The van der Waals surface area contributed by atoms with Crippen LogP contribution in [0.5, 0.6) is 0 Å². The van der Waals surface area contributed by atoms with Crippen LogP contribution in [0.3, 0.4) is 0 Å². The molecule has 1 fully saturated rings. The summed E-state index contributed by atoms with van der Waals surface area (Å²) < 4.78 is 74.1. The van der Waals surface area contributed by atoms with Crippen LogP contribution >= 0.6 is 0 Å². The molecule has 266 valence electrons. The molecule has 1 aliphatic heterocycles. The Kier molecular flexibility index (Phi) is 13.2. The molecule has 0 aromatic heterocycles. The number of methoxy groups -OCH3 is 1. The summed E-state index contributed by atoms with van der Waals surface area (Å²) in [6.45, 7) is 1.63. The highest BCUT2D eigenvalue weighted by Gasteiger charge is 2.56. The summed E-state index contributed by atoms with van der Waals surface area (Å²) in [4.78, 5) is 72.6. The molecule has 0 bridgehead atoms. The van der Waals surface area contributed by atoms with E-state index in [9.17, 15) is 47.3 Å². The molecule has 0 radical (unpaired) electrons. The number of amides is 1. The molecule has 49 heavy (non-hydrogen) atoms. The molecular weight excluding hydrogens is 665 g/mol. The predicted molar refractivity (Wildman–Crippen MR) is 157 cm³/mol. The highest BCUT2D eigenvalue weighted by Crippen LogP contribution is 2.34. The van der Waals surface area contributed by atoms with Crippen molar-refractivity contribution in [1.29, 1.82) is 0 Å². The van der Waals surface area contributed by atoms with Crippen LogP contribution in [0.2, 0.25) is 0 Å². The topological polar surface area (TPSA) is 187 Å². The Labute approximate surface area is 277 Å². The summed E-state index contributed by atoms with van der Waals surface area (Å²) >= 11 is 0. The second-order valence-electron chi connectivity index (χ2n) is 10.6. The van der Waals surface area contributed by atoms with Gasteiger partial charge in [0.05, 0.1) is 18.6 Å². The van der Waals surface area contributed by atoms with Crippen molar-refractivity contribution in [3.05, 3.63) is 75.8 Å². The van der Waals surface area contributed by atoms with E-state index in [1.165, 1.54) is 36.4 Å². The Balaban J connectivity index is 2.06. The lowest BCUT2D eigenvalue weighted by atomic mass is 9.97. The largest absolute Gasteiger partial charge is 0.471 e. The summed E-state index contributed by atoms with van der Waals surface area (Å²) in [5.74, 6) is -6.24. The van der Waals surface area contributed by atoms with Gasteiger partial charge in [-0.1, -0.05) is 42.5 Å². The Morgan fingerprint density at radius 1 is 0.878 bits per heavy atom. The first-order valence-electron chi connectivity index (χ1n) is 14.6. The second-order valence-corrected chi connectivity index (χ2v) is 10.6. The van der Waals surface area contributed by atoms with Crippen molar-refractivity contribution in [2.45, 2.75) is 70.2 Å². The molecule has 0 spiro atoms. The van der Waals surface area contributed by atoms with Gasteiger partial charge in [0, 0.05) is 39.4 Å². The van der Waals surface area contributed by atoms with Gasteiger partial charge in [0.25, 0.3) is 5.69 Å². The Morgan fingerprint density at radius 3 is 1.94 bits per heavy atom. The fraction of sp³-hybridized carbons (Fsp3) is 0.452. The summed E-state index contributed by atoms with van der Waals surface area (Å²) in [7, 11) is 0.976. The number of non-ortho nitro benzene ring substituents is 1. The number of hydrogen-bond donors (Lipinski definition) is 0. The third kappa shape index (κ3) is 10.7. The first kappa shape index (κ1) is 38.3. The number of nitro groups is 1. The van der Waals surface area contributed by atoms with E-state index in [0.717, 1.165) is 40.0 Å². The van der Waals surface area contributed by atoms with Crippen molar-refractivity contribution in [2.24, 2.45) is 0 Å². The lowest BCUT2D eigenvalue weighted by Crippen LogP contribution is -2.64. The first-order chi connectivity index (χ1) is 23.0. The molecule has 1 amide bonds. The minimum absolute atomic E-state index is 0.152. The third-order valence-corrected chi connectivity index (χ3v) is 7.04. The SMILES string of the molecule is COC(=O)[C@H]1O[C@@H](O[C@@H](CN(CCc2ccc([N+](=O)[O-])cc2)C(=O)C(F)(F)F)c2ccccc2)[C@H](OC(C)=O)[C@@H](OC(C)=O)[C@@H]1OC(C)=O. The summed E-state index contributed by atoms with van der Waals surface area (Å²) in [6.07, 6.45) is -15.9. The van der Waals surface area contributed by atoms with Crippen LogP contribution in [0.1, 0.15) is 38.0 Å². The molecule has 1 aliphatic rings. The number of alkyl halides is 3. The molecule has 0 unspecified atom stereocenters. The predicted octanol–water partition coefficient (Wildman–Crippen LogP) is 2.98. The zero-order valence-corrected chi connectivity index (χ0v) is 26.6. The number of esters is 4. The van der Waals surface area contributed by atoms with Crippen LogP contribution in [-0.2, 0) is 58.8 Å². The van der Waals surface area contributed by atoms with Crippen LogP contribution in [-0.4, -0.2) is 96.7 Å². The van der Waals surface area contributed by atoms with E-state index in [-0.39, 0.29) is 17.7 Å². The maximum Gasteiger partial charge on any atom is 0.471 e. The van der Waals surface area contributed by atoms with Crippen LogP contribution < -0.4 is 0 Å². The number of hydrogen-bond acceptors (Lipinski definition) is 13.